The predicted molar refractivity (Wildman–Crippen MR) is 115 cm³/mol. The van der Waals surface area contributed by atoms with Crippen LogP contribution in [0.4, 0.5) is 19.0 Å². The number of alkyl halides is 3. The van der Waals surface area contributed by atoms with Gasteiger partial charge in [-0.3, -0.25) is 4.79 Å². The minimum absolute atomic E-state index is 0.0431. The zero-order chi connectivity index (χ0) is 23.2. The van der Waals surface area contributed by atoms with Gasteiger partial charge in [0.2, 0.25) is 5.91 Å². The summed E-state index contributed by atoms with van der Waals surface area (Å²) >= 11 is 0. The Balaban J connectivity index is 1.67. The molecule has 3 heterocycles. The van der Waals surface area contributed by atoms with Crippen molar-refractivity contribution in [1.82, 2.24) is 19.9 Å². The number of likely N-dealkylation sites (tertiary alicyclic amines) is 1. The van der Waals surface area contributed by atoms with Gasteiger partial charge < -0.3 is 10.2 Å². The van der Waals surface area contributed by atoms with Crippen molar-refractivity contribution in [2.24, 2.45) is 0 Å². The molecule has 1 unspecified atom stereocenters. The molecule has 1 aromatic carbocycles. The molecule has 1 N–H and O–H groups in total. The molecule has 0 spiro atoms. The third-order valence-corrected chi connectivity index (χ3v) is 5.98. The van der Waals surface area contributed by atoms with Crippen LogP contribution in [-0.2, 0) is 11.0 Å². The Bertz CT molecular complexity index is 1190. The summed E-state index contributed by atoms with van der Waals surface area (Å²) in [6.45, 7) is 7.85. The SMILES string of the molecule is CC(=O)N1CC(c2cnc3nc(C)nc(NC(C)c4cccc(C(F)(F)F)c4C)c3c2)C1. The van der Waals surface area contributed by atoms with Gasteiger partial charge in [0.05, 0.1) is 17.0 Å². The lowest BCUT2D eigenvalue weighted by Crippen LogP contribution is -2.47. The van der Waals surface area contributed by atoms with Crippen LogP contribution in [0.1, 0.15) is 53.9 Å². The summed E-state index contributed by atoms with van der Waals surface area (Å²) in [5, 5.41) is 3.97. The van der Waals surface area contributed by atoms with Crippen LogP contribution in [-0.4, -0.2) is 38.8 Å². The lowest BCUT2D eigenvalue weighted by Gasteiger charge is -2.38. The van der Waals surface area contributed by atoms with E-state index >= 15 is 0 Å². The van der Waals surface area contributed by atoms with E-state index in [0.717, 1.165) is 11.6 Å². The molecule has 9 heteroatoms. The molecule has 4 rings (SSSR count). The van der Waals surface area contributed by atoms with Crippen molar-refractivity contribution < 1.29 is 18.0 Å². The second-order valence-corrected chi connectivity index (χ2v) is 8.26. The molecule has 1 aliphatic rings. The molecule has 0 aliphatic carbocycles. The average Bonchev–Trinajstić information content (AvgIpc) is 2.66. The van der Waals surface area contributed by atoms with Crippen molar-refractivity contribution in [2.45, 2.75) is 45.8 Å². The number of halogens is 3. The Kier molecular flexibility index (Phi) is 5.52. The topological polar surface area (TPSA) is 71.0 Å². The quantitative estimate of drug-likeness (QED) is 0.629. The number of benzene rings is 1. The number of anilines is 1. The number of pyridine rings is 1. The van der Waals surface area contributed by atoms with E-state index < -0.39 is 17.8 Å². The van der Waals surface area contributed by atoms with Gasteiger partial charge in [0.15, 0.2) is 5.65 Å². The van der Waals surface area contributed by atoms with Crippen LogP contribution in [0.15, 0.2) is 30.5 Å². The maximum absolute atomic E-state index is 13.3. The standard InChI is InChI=1S/C23H24F3N5O/c1-12-18(6-5-7-20(12)23(24,25)26)13(2)28-22-19-8-16(17-10-31(11-17)15(4)32)9-27-21(19)29-14(3)30-22/h5-9,13,17H,10-11H2,1-4H3,(H,27,28,29,30). The van der Waals surface area contributed by atoms with Crippen molar-refractivity contribution in [2.75, 3.05) is 18.4 Å². The first-order valence-corrected chi connectivity index (χ1v) is 10.4. The molecule has 1 atom stereocenters. The van der Waals surface area contributed by atoms with E-state index in [9.17, 15) is 18.0 Å². The number of fused-ring (bicyclic) bond motifs is 1. The van der Waals surface area contributed by atoms with Crippen molar-refractivity contribution in [3.8, 4) is 0 Å². The molecule has 0 saturated carbocycles. The Labute approximate surface area is 183 Å². The van der Waals surface area contributed by atoms with Crippen molar-refractivity contribution in [3.63, 3.8) is 0 Å². The van der Waals surface area contributed by atoms with E-state index in [0.29, 0.717) is 41.3 Å². The molecule has 0 bridgehead atoms. The van der Waals surface area contributed by atoms with E-state index in [2.05, 4.69) is 20.3 Å². The van der Waals surface area contributed by atoms with Crippen LogP contribution >= 0.6 is 0 Å². The number of hydrogen-bond acceptors (Lipinski definition) is 5. The highest BCUT2D eigenvalue weighted by molar-refractivity contribution is 5.87. The largest absolute Gasteiger partial charge is 0.416 e. The van der Waals surface area contributed by atoms with Crippen molar-refractivity contribution in [3.05, 3.63) is 58.5 Å². The van der Waals surface area contributed by atoms with E-state index in [1.54, 1.807) is 37.9 Å². The van der Waals surface area contributed by atoms with Crippen molar-refractivity contribution >= 4 is 22.8 Å². The highest BCUT2D eigenvalue weighted by Crippen LogP contribution is 2.36. The fourth-order valence-electron chi connectivity index (χ4n) is 4.13. The lowest BCUT2D eigenvalue weighted by atomic mass is 9.92. The van der Waals surface area contributed by atoms with Crippen LogP contribution in [0.25, 0.3) is 11.0 Å². The molecule has 32 heavy (non-hydrogen) atoms. The smallest absolute Gasteiger partial charge is 0.363 e. The highest BCUT2D eigenvalue weighted by Gasteiger charge is 2.33. The maximum atomic E-state index is 13.3. The number of carbonyl (C=O) groups excluding carboxylic acids is 1. The molecule has 1 fully saturated rings. The molecule has 0 radical (unpaired) electrons. The van der Waals surface area contributed by atoms with Crippen LogP contribution in [0.2, 0.25) is 0 Å². The van der Waals surface area contributed by atoms with Gasteiger partial charge in [-0.15, -0.1) is 0 Å². The molecular formula is C23H24F3N5O. The number of amides is 1. The monoisotopic (exact) mass is 443 g/mol. The second kappa shape index (κ2) is 8.03. The molecule has 1 amide bonds. The molecule has 1 aliphatic heterocycles. The molecule has 168 valence electrons. The van der Waals surface area contributed by atoms with Gasteiger partial charge in [0.25, 0.3) is 0 Å². The summed E-state index contributed by atoms with van der Waals surface area (Å²) in [6, 6.07) is 5.74. The van der Waals surface area contributed by atoms with Crippen LogP contribution in [0.3, 0.4) is 0 Å². The average molecular weight is 443 g/mol. The van der Waals surface area contributed by atoms with Crippen LogP contribution in [0, 0.1) is 13.8 Å². The van der Waals surface area contributed by atoms with Crippen LogP contribution in [0.5, 0.6) is 0 Å². The first-order valence-electron chi connectivity index (χ1n) is 10.4. The van der Waals surface area contributed by atoms with E-state index in [1.165, 1.54) is 13.0 Å². The fourth-order valence-corrected chi connectivity index (χ4v) is 4.13. The summed E-state index contributed by atoms with van der Waals surface area (Å²) in [4.78, 5) is 26.6. The van der Waals surface area contributed by atoms with E-state index in [-0.39, 0.29) is 17.4 Å². The van der Waals surface area contributed by atoms with Gasteiger partial charge in [-0.1, -0.05) is 12.1 Å². The van der Waals surface area contributed by atoms with Gasteiger partial charge in [0.1, 0.15) is 11.6 Å². The Morgan fingerprint density at radius 1 is 1.22 bits per heavy atom. The normalized spacial score (nSPS) is 15.5. The third kappa shape index (κ3) is 4.11. The molecule has 1 saturated heterocycles. The molecule has 3 aromatic rings. The molecule has 6 nitrogen and oxygen atoms in total. The maximum Gasteiger partial charge on any atom is 0.416 e. The summed E-state index contributed by atoms with van der Waals surface area (Å²) in [7, 11) is 0. The first kappa shape index (κ1) is 22.0. The molecule has 2 aromatic heterocycles. The number of hydrogen-bond donors (Lipinski definition) is 1. The van der Waals surface area contributed by atoms with Gasteiger partial charge in [-0.2, -0.15) is 13.2 Å². The van der Waals surface area contributed by atoms with Gasteiger partial charge in [-0.05, 0) is 49.6 Å². The Morgan fingerprint density at radius 2 is 1.94 bits per heavy atom. The summed E-state index contributed by atoms with van der Waals surface area (Å²) in [6.07, 6.45) is -2.64. The number of aryl methyl sites for hydroxylation is 1. The van der Waals surface area contributed by atoms with E-state index in [4.69, 9.17) is 0 Å². The highest BCUT2D eigenvalue weighted by atomic mass is 19.4. The zero-order valence-electron chi connectivity index (χ0n) is 18.3. The summed E-state index contributed by atoms with van der Waals surface area (Å²) in [5.41, 5.74) is 1.58. The minimum Gasteiger partial charge on any atom is -0.363 e. The number of nitrogens with one attached hydrogen (secondary N) is 1. The molecular weight excluding hydrogens is 419 g/mol. The summed E-state index contributed by atoms with van der Waals surface area (Å²) < 4.78 is 40.0. The number of rotatable bonds is 4. The van der Waals surface area contributed by atoms with E-state index in [1.807, 2.05) is 6.07 Å². The first-order chi connectivity index (χ1) is 15.0. The van der Waals surface area contributed by atoms with Gasteiger partial charge >= 0.3 is 6.18 Å². The second-order valence-electron chi connectivity index (χ2n) is 8.26. The van der Waals surface area contributed by atoms with Gasteiger partial charge in [-0.25, -0.2) is 15.0 Å². The minimum atomic E-state index is -4.41. The number of carbonyl (C=O) groups is 1. The third-order valence-electron chi connectivity index (χ3n) is 5.98. The number of nitrogens with zero attached hydrogens (tertiary/aromatic N) is 4. The van der Waals surface area contributed by atoms with Gasteiger partial charge in [0, 0.05) is 32.1 Å². The Morgan fingerprint density at radius 3 is 2.59 bits per heavy atom. The van der Waals surface area contributed by atoms with Crippen molar-refractivity contribution in [1.29, 1.82) is 0 Å². The fraction of sp³-hybridized carbons (Fsp3) is 0.391. The lowest BCUT2D eigenvalue weighted by molar-refractivity contribution is -0.138. The predicted octanol–water partition coefficient (Wildman–Crippen LogP) is 4.78. The summed E-state index contributed by atoms with van der Waals surface area (Å²) in [5.74, 6) is 1.27. The number of aromatic nitrogens is 3. The zero-order valence-corrected chi connectivity index (χ0v) is 18.3. The van der Waals surface area contributed by atoms with Crippen LogP contribution < -0.4 is 5.32 Å². The Hall–Kier alpha value is -3.23.